The van der Waals surface area contributed by atoms with Crippen LogP contribution >= 0.6 is 27.3 Å². The molecule has 0 fully saturated rings. The molecule has 1 aromatic rings. The van der Waals surface area contributed by atoms with Crippen LogP contribution in [0.15, 0.2) is 15.9 Å². The highest BCUT2D eigenvalue weighted by Crippen LogP contribution is 2.21. The van der Waals surface area contributed by atoms with Crippen LogP contribution in [0.1, 0.15) is 25.1 Å². The largest absolute Gasteiger partial charge is 0.317 e. The zero-order valence-electron chi connectivity index (χ0n) is 8.85. The number of aryl methyl sites for hydroxylation is 1. The van der Waals surface area contributed by atoms with E-state index in [4.69, 9.17) is 0 Å². The van der Waals surface area contributed by atoms with E-state index in [0.29, 0.717) is 0 Å². The molecule has 0 bridgehead atoms. The third-order valence-electron chi connectivity index (χ3n) is 2.25. The van der Waals surface area contributed by atoms with Crippen LogP contribution in [0, 0.1) is 5.92 Å². The van der Waals surface area contributed by atoms with Gasteiger partial charge in [0.2, 0.25) is 0 Å². The Labute approximate surface area is 99.0 Å². The van der Waals surface area contributed by atoms with Gasteiger partial charge in [-0.15, -0.1) is 11.3 Å². The maximum absolute atomic E-state index is 3.48. The molecule has 0 amide bonds. The number of hydrogen-bond donors (Lipinski definition) is 1. The molecule has 1 aromatic heterocycles. The van der Waals surface area contributed by atoms with E-state index in [0.717, 1.165) is 19.0 Å². The molecule has 1 nitrogen and oxygen atoms in total. The second-order valence-electron chi connectivity index (χ2n) is 3.68. The van der Waals surface area contributed by atoms with Crippen LogP contribution in [0.5, 0.6) is 0 Å². The summed E-state index contributed by atoms with van der Waals surface area (Å²) in [4.78, 5) is 1.49. The van der Waals surface area contributed by atoms with E-state index in [1.54, 1.807) is 0 Å². The molecule has 1 heterocycles. The molecule has 0 aliphatic carbocycles. The Morgan fingerprint density at radius 2 is 2.36 bits per heavy atom. The Balaban J connectivity index is 2.20. The summed E-state index contributed by atoms with van der Waals surface area (Å²) < 4.78 is 1.22. The van der Waals surface area contributed by atoms with Crippen LogP contribution < -0.4 is 5.32 Å². The van der Waals surface area contributed by atoms with Crippen LogP contribution in [0.2, 0.25) is 0 Å². The molecule has 0 spiro atoms. The van der Waals surface area contributed by atoms with Crippen molar-refractivity contribution in [1.29, 1.82) is 0 Å². The summed E-state index contributed by atoms with van der Waals surface area (Å²) in [6.07, 6.45) is 2.49. The van der Waals surface area contributed by atoms with Crippen molar-refractivity contribution in [3.05, 3.63) is 20.8 Å². The fourth-order valence-corrected chi connectivity index (χ4v) is 2.84. The van der Waals surface area contributed by atoms with Gasteiger partial charge in [-0.1, -0.05) is 13.8 Å². The van der Waals surface area contributed by atoms with Crippen LogP contribution in [0.4, 0.5) is 0 Å². The predicted octanol–water partition coefficient (Wildman–Crippen LogP) is 3.69. The molecular formula is C11H18BrNS. The smallest absolute Gasteiger partial charge is 0.0285 e. The lowest BCUT2D eigenvalue weighted by Gasteiger charge is -2.10. The zero-order chi connectivity index (χ0) is 10.4. The van der Waals surface area contributed by atoms with E-state index >= 15 is 0 Å². The van der Waals surface area contributed by atoms with Crippen molar-refractivity contribution >= 4 is 27.3 Å². The van der Waals surface area contributed by atoms with E-state index in [9.17, 15) is 0 Å². The Hall–Kier alpha value is 0.140. The first-order valence-electron chi connectivity index (χ1n) is 5.16. The molecule has 3 heteroatoms. The fraction of sp³-hybridized carbons (Fsp3) is 0.636. The van der Waals surface area contributed by atoms with Crippen molar-refractivity contribution in [3.8, 4) is 0 Å². The second-order valence-corrected chi connectivity index (χ2v) is 5.59. The third-order valence-corrected chi connectivity index (χ3v) is 4.01. The highest BCUT2D eigenvalue weighted by Gasteiger charge is 2.03. The standard InChI is InChI=1S/C11H18BrNS/c1-3-13-7-9(2)4-5-11-6-10(12)8-14-11/h6,8-9,13H,3-5,7H2,1-2H3. The molecule has 14 heavy (non-hydrogen) atoms. The molecular weight excluding hydrogens is 258 g/mol. The first kappa shape index (κ1) is 12.2. The monoisotopic (exact) mass is 275 g/mol. The highest BCUT2D eigenvalue weighted by molar-refractivity contribution is 9.10. The van der Waals surface area contributed by atoms with Gasteiger partial charge < -0.3 is 5.32 Å². The maximum atomic E-state index is 3.48. The normalized spacial score (nSPS) is 13.1. The number of nitrogens with one attached hydrogen (secondary N) is 1. The van der Waals surface area contributed by atoms with Gasteiger partial charge in [0.25, 0.3) is 0 Å². The molecule has 0 aromatic carbocycles. The van der Waals surface area contributed by atoms with E-state index < -0.39 is 0 Å². The highest BCUT2D eigenvalue weighted by atomic mass is 79.9. The van der Waals surface area contributed by atoms with E-state index in [-0.39, 0.29) is 0 Å². The van der Waals surface area contributed by atoms with Gasteiger partial charge in [0.1, 0.15) is 0 Å². The Bertz CT molecular complexity index is 260. The summed E-state index contributed by atoms with van der Waals surface area (Å²) in [5.41, 5.74) is 0. The summed E-state index contributed by atoms with van der Waals surface area (Å²) in [5, 5.41) is 5.54. The quantitative estimate of drug-likeness (QED) is 0.835. The Morgan fingerprint density at radius 3 is 2.93 bits per heavy atom. The summed E-state index contributed by atoms with van der Waals surface area (Å²) in [7, 11) is 0. The third kappa shape index (κ3) is 4.58. The van der Waals surface area contributed by atoms with Gasteiger partial charge in [-0.3, -0.25) is 0 Å². The van der Waals surface area contributed by atoms with Crippen molar-refractivity contribution in [2.45, 2.75) is 26.7 Å². The summed E-state index contributed by atoms with van der Waals surface area (Å²) in [6, 6.07) is 2.23. The minimum atomic E-state index is 0.774. The first-order chi connectivity index (χ1) is 6.72. The SMILES string of the molecule is CCNCC(C)CCc1cc(Br)cs1. The number of halogens is 1. The minimum Gasteiger partial charge on any atom is -0.317 e. The summed E-state index contributed by atoms with van der Waals surface area (Å²) in [5.74, 6) is 0.774. The first-order valence-corrected chi connectivity index (χ1v) is 6.83. The lowest BCUT2D eigenvalue weighted by molar-refractivity contribution is 0.491. The topological polar surface area (TPSA) is 12.0 Å². The van der Waals surface area contributed by atoms with Gasteiger partial charge in [0.15, 0.2) is 0 Å². The van der Waals surface area contributed by atoms with Gasteiger partial charge in [-0.2, -0.15) is 0 Å². The minimum absolute atomic E-state index is 0.774. The molecule has 1 N–H and O–H groups in total. The fourth-order valence-electron chi connectivity index (χ4n) is 1.37. The van der Waals surface area contributed by atoms with Crippen molar-refractivity contribution in [3.63, 3.8) is 0 Å². The van der Waals surface area contributed by atoms with Crippen LogP contribution in [-0.2, 0) is 6.42 Å². The van der Waals surface area contributed by atoms with E-state index in [1.807, 2.05) is 11.3 Å². The molecule has 80 valence electrons. The average molecular weight is 276 g/mol. The second kappa shape index (κ2) is 6.59. The predicted molar refractivity (Wildman–Crippen MR) is 68.0 cm³/mol. The zero-order valence-corrected chi connectivity index (χ0v) is 11.2. The van der Waals surface area contributed by atoms with Crippen molar-refractivity contribution in [2.75, 3.05) is 13.1 Å². The van der Waals surface area contributed by atoms with E-state index in [1.165, 1.54) is 22.2 Å². The molecule has 0 saturated carbocycles. The van der Waals surface area contributed by atoms with Gasteiger partial charge in [0.05, 0.1) is 0 Å². The maximum Gasteiger partial charge on any atom is 0.0285 e. The molecule has 1 atom stereocenters. The number of hydrogen-bond acceptors (Lipinski definition) is 2. The van der Waals surface area contributed by atoms with Gasteiger partial charge in [0, 0.05) is 14.7 Å². The van der Waals surface area contributed by atoms with Gasteiger partial charge >= 0.3 is 0 Å². The lowest BCUT2D eigenvalue weighted by Crippen LogP contribution is -2.20. The Morgan fingerprint density at radius 1 is 1.57 bits per heavy atom. The van der Waals surface area contributed by atoms with Crippen molar-refractivity contribution in [2.24, 2.45) is 5.92 Å². The molecule has 0 aliphatic heterocycles. The molecule has 1 rings (SSSR count). The molecule has 1 unspecified atom stereocenters. The average Bonchev–Trinajstić information content (AvgIpc) is 2.58. The molecule has 0 saturated heterocycles. The number of rotatable bonds is 6. The van der Waals surface area contributed by atoms with Gasteiger partial charge in [-0.05, 0) is 53.8 Å². The van der Waals surface area contributed by atoms with Crippen LogP contribution in [0.25, 0.3) is 0 Å². The van der Waals surface area contributed by atoms with Gasteiger partial charge in [-0.25, -0.2) is 0 Å². The molecule has 0 aliphatic rings. The number of thiophene rings is 1. The molecule has 0 radical (unpaired) electrons. The summed E-state index contributed by atoms with van der Waals surface area (Å²) >= 11 is 5.33. The van der Waals surface area contributed by atoms with Crippen molar-refractivity contribution < 1.29 is 0 Å². The summed E-state index contributed by atoms with van der Waals surface area (Å²) in [6.45, 7) is 6.69. The van der Waals surface area contributed by atoms with E-state index in [2.05, 4.69) is 46.5 Å². The van der Waals surface area contributed by atoms with Crippen LogP contribution in [0.3, 0.4) is 0 Å². The lowest BCUT2D eigenvalue weighted by atomic mass is 10.1. The van der Waals surface area contributed by atoms with Crippen LogP contribution in [-0.4, -0.2) is 13.1 Å². The van der Waals surface area contributed by atoms with Crippen molar-refractivity contribution in [1.82, 2.24) is 5.32 Å². The Kier molecular flexibility index (Phi) is 5.75.